The molecule has 3 amide bonds. The highest BCUT2D eigenvalue weighted by Crippen LogP contribution is 2.13. The predicted molar refractivity (Wildman–Crippen MR) is 70.2 cm³/mol. The molecule has 0 bridgehead atoms. The fraction of sp³-hybridized carbons (Fsp3) is 0.357. The molecule has 5 nitrogen and oxygen atoms in total. The van der Waals surface area contributed by atoms with Gasteiger partial charge in [0.05, 0.1) is 0 Å². The maximum Gasteiger partial charge on any atom is 0.229 e. The molecule has 0 aliphatic carbocycles. The van der Waals surface area contributed by atoms with Crippen LogP contribution in [-0.2, 0) is 14.4 Å². The van der Waals surface area contributed by atoms with E-state index < -0.39 is 5.82 Å². The van der Waals surface area contributed by atoms with Gasteiger partial charge in [0.15, 0.2) is 0 Å². The summed E-state index contributed by atoms with van der Waals surface area (Å²) in [4.78, 5) is 35.5. The van der Waals surface area contributed by atoms with Crippen molar-refractivity contribution in [1.29, 1.82) is 0 Å². The summed E-state index contributed by atoms with van der Waals surface area (Å²) in [5.41, 5.74) is 0.392. The van der Waals surface area contributed by atoms with E-state index in [1.807, 2.05) is 0 Å². The number of nitrogens with one attached hydrogen (secondary N) is 1. The van der Waals surface area contributed by atoms with Crippen LogP contribution in [0.15, 0.2) is 24.3 Å². The minimum atomic E-state index is -0.420. The van der Waals surface area contributed by atoms with Gasteiger partial charge in [-0.05, 0) is 24.6 Å². The average molecular weight is 278 g/mol. The zero-order valence-corrected chi connectivity index (χ0v) is 10.9. The first-order valence-electron chi connectivity index (χ1n) is 6.45. The first kappa shape index (κ1) is 14.2. The van der Waals surface area contributed by atoms with Gasteiger partial charge in [0, 0.05) is 31.5 Å². The van der Waals surface area contributed by atoms with E-state index in [4.69, 9.17) is 0 Å². The minimum absolute atomic E-state index is 0.174. The summed E-state index contributed by atoms with van der Waals surface area (Å²) in [5, 5.41) is 2.56. The maximum atomic E-state index is 12.9. The highest BCUT2D eigenvalue weighted by molar-refractivity contribution is 6.01. The Bertz CT molecular complexity index is 529. The van der Waals surface area contributed by atoms with Crippen LogP contribution in [0.3, 0.4) is 0 Å². The van der Waals surface area contributed by atoms with Gasteiger partial charge in [-0.1, -0.05) is 6.07 Å². The summed E-state index contributed by atoms with van der Waals surface area (Å²) in [6.45, 7) is 0.258. The van der Waals surface area contributed by atoms with E-state index in [1.54, 1.807) is 6.07 Å². The number of benzene rings is 1. The van der Waals surface area contributed by atoms with Crippen LogP contribution < -0.4 is 5.32 Å². The molecule has 1 aromatic rings. The molecule has 1 aliphatic heterocycles. The van der Waals surface area contributed by atoms with Crippen molar-refractivity contribution in [3.8, 4) is 0 Å². The van der Waals surface area contributed by atoms with Gasteiger partial charge in [-0.2, -0.15) is 0 Å². The number of anilines is 1. The summed E-state index contributed by atoms with van der Waals surface area (Å²) >= 11 is 0. The normalized spacial score (nSPS) is 14.8. The van der Waals surface area contributed by atoms with Gasteiger partial charge in [-0.25, -0.2) is 4.39 Å². The molecule has 106 valence electrons. The minimum Gasteiger partial charge on any atom is -0.326 e. The Kier molecular flexibility index (Phi) is 4.45. The number of rotatable bonds is 5. The fourth-order valence-corrected chi connectivity index (χ4v) is 2.06. The maximum absolute atomic E-state index is 12.9. The molecule has 0 unspecified atom stereocenters. The number of nitrogens with zero attached hydrogens (tertiary/aromatic N) is 1. The number of carbonyl (C=O) groups is 3. The molecule has 1 aliphatic rings. The van der Waals surface area contributed by atoms with Gasteiger partial charge in [0.2, 0.25) is 17.7 Å². The number of hydrogen-bond acceptors (Lipinski definition) is 3. The summed E-state index contributed by atoms with van der Waals surface area (Å²) in [6.07, 6.45) is 1.09. The molecule has 0 aromatic heterocycles. The SMILES string of the molecule is O=C(CCCN1C(=O)CCC1=O)Nc1cccc(F)c1. The van der Waals surface area contributed by atoms with E-state index in [-0.39, 0.29) is 43.5 Å². The standard InChI is InChI=1S/C14H15FN2O3/c15-10-3-1-4-11(9-10)16-12(18)5-2-8-17-13(19)6-7-14(17)20/h1,3-4,9H,2,5-8H2,(H,16,18). The Hall–Kier alpha value is -2.24. The Morgan fingerprint density at radius 2 is 1.95 bits per heavy atom. The van der Waals surface area contributed by atoms with Gasteiger partial charge in [0.25, 0.3) is 0 Å². The second-order valence-electron chi connectivity index (χ2n) is 4.60. The first-order valence-corrected chi connectivity index (χ1v) is 6.45. The van der Waals surface area contributed by atoms with Gasteiger partial charge in [0.1, 0.15) is 5.82 Å². The van der Waals surface area contributed by atoms with Gasteiger partial charge >= 0.3 is 0 Å². The topological polar surface area (TPSA) is 66.5 Å². The lowest BCUT2D eigenvalue weighted by Gasteiger charge is -2.13. The lowest BCUT2D eigenvalue weighted by molar-refractivity contribution is -0.138. The Balaban J connectivity index is 1.75. The highest BCUT2D eigenvalue weighted by atomic mass is 19.1. The van der Waals surface area contributed by atoms with E-state index in [2.05, 4.69) is 5.32 Å². The fourth-order valence-electron chi connectivity index (χ4n) is 2.06. The Labute approximate surface area is 115 Å². The van der Waals surface area contributed by atoms with Crippen LogP contribution in [-0.4, -0.2) is 29.2 Å². The number of carbonyl (C=O) groups excluding carboxylic acids is 3. The molecule has 6 heteroatoms. The quantitative estimate of drug-likeness (QED) is 0.833. The summed E-state index contributed by atoms with van der Waals surface area (Å²) < 4.78 is 12.9. The molecule has 0 spiro atoms. The van der Waals surface area contributed by atoms with Crippen molar-refractivity contribution >= 4 is 23.4 Å². The second-order valence-corrected chi connectivity index (χ2v) is 4.60. The molecule has 0 radical (unpaired) electrons. The van der Waals surface area contributed by atoms with Crippen LogP contribution in [0.25, 0.3) is 0 Å². The lowest BCUT2D eigenvalue weighted by Crippen LogP contribution is -2.30. The van der Waals surface area contributed by atoms with Crippen molar-refractivity contribution in [2.24, 2.45) is 0 Å². The van der Waals surface area contributed by atoms with Crippen molar-refractivity contribution in [3.63, 3.8) is 0 Å². The number of likely N-dealkylation sites (tertiary alicyclic amines) is 1. The number of hydrogen-bond donors (Lipinski definition) is 1. The van der Waals surface area contributed by atoms with E-state index in [0.717, 1.165) is 0 Å². The molecule has 1 N–H and O–H groups in total. The van der Waals surface area contributed by atoms with Crippen molar-refractivity contribution in [1.82, 2.24) is 4.90 Å². The monoisotopic (exact) mass is 278 g/mol. The molecule has 1 fully saturated rings. The highest BCUT2D eigenvalue weighted by Gasteiger charge is 2.28. The van der Waals surface area contributed by atoms with Crippen LogP contribution in [0.1, 0.15) is 25.7 Å². The third-order valence-electron chi connectivity index (χ3n) is 3.05. The van der Waals surface area contributed by atoms with E-state index in [0.29, 0.717) is 12.1 Å². The molecule has 2 rings (SSSR count). The van der Waals surface area contributed by atoms with Crippen LogP contribution >= 0.6 is 0 Å². The number of imide groups is 1. The number of amides is 3. The van der Waals surface area contributed by atoms with Crippen LogP contribution in [0.4, 0.5) is 10.1 Å². The average Bonchev–Trinajstić information content (AvgIpc) is 2.70. The molecular formula is C14H15FN2O3. The van der Waals surface area contributed by atoms with E-state index in [9.17, 15) is 18.8 Å². The molecule has 0 atom stereocenters. The van der Waals surface area contributed by atoms with Crippen LogP contribution in [0.2, 0.25) is 0 Å². The first-order chi connectivity index (χ1) is 9.56. The largest absolute Gasteiger partial charge is 0.326 e. The Morgan fingerprint density at radius 1 is 1.25 bits per heavy atom. The molecule has 1 saturated heterocycles. The van der Waals surface area contributed by atoms with Crippen molar-refractivity contribution < 1.29 is 18.8 Å². The number of halogens is 1. The van der Waals surface area contributed by atoms with Crippen LogP contribution in [0.5, 0.6) is 0 Å². The van der Waals surface area contributed by atoms with Crippen LogP contribution in [0, 0.1) is 5.82 Å². The van der Waals surface area contributed by atoms with Gasteiger partial charge in [-0.15, -0.1) is 0 Å². The zero-order chi connectivity index (χ0) is 14.5. The van der Waals surface area contributed by atoms with Crippen molar-refractivity contribution in [2.75, 3.05) is 11.9 Å². The van der Waals surface area contributed by atoms with E-state index >= 15 is 0 Å². The molecule has 1 aromatic carbocycles. The predicted octanol–water partition coefficient (Wildman–Crippen LogP) is 1.69. The van der Waals surface area contributed by atoms with Crippen molar-refractivity contribution in [3.05, 3.63) is 30.1 Å². The second kappa shape index (κ2) is 6.27. The summed E-state index contributed by atoms with van der Waals surface area (Å²) in [6, 6.07) is 5.62. The summed E-state index contributed by atoms with van der Waals surface area (Å²) in [5.74, 6) is -1.05. The van der Waals surface area contributed by atoms with E-state index in [1.165, 1.54) is 23.1 Å². The van der Waals surface area contributed by atoms with Gasteiger partial charge < -0.3 is 5.32 Å². The Morgan fingerprint density at radius 3 is 2.60 bits per heavy atom. The smallest absolute Gasteiger partial charge is 0.229 e. The zero-order valence-electron chi connectivity index (χ0n) is 10.9. The lowest BCUT2D eigenvalue weighted by atomic mass is 10.2. The third-order valence-corrected chi connectivity index (χ3v) is 3.05. The van der Waals surface area contributed by atoms with Crippen molar-refractivity contribution in [2.45, 2.75) is 25.7 Å². The summed E-state index contributed by atoms with van der Waals surface area (Å²) in [7, 11) is 0. The molecule has 0 saturated carbocycles. The molecular weight excluding hydrogens is 263 g/mol. The molecule has 1 heterocycles. The van der Waals surface area contributed by atoms with Gasteiger partial charge in [-0.3, -0.25) is 19.3 Å². The third kappa shape index (κ3) is 3.63. The molecule has 20 heavy (non-hydrogen) atoms.